The van der Waals surface area contributed by atoms with Gasteiger partial charge in [0.2, 0.25) is 0 Å². The van der Waals surface area contributed by atoms with E-state index in [0.29, 0.717) is 5.41 Å². The molecule has 0 spiro atoms. The molecule has 2 fully saturated rings. The third kappa shape index (κ3) is 3.00. The first kappa shape index (κ1) is 12.4. The van der Waals surface area contributed by atoms with Crippen LogP contribution < -0.4 is 5.32 Å². The maximum atomic E-state index is 3.61. The minimum Gasteiger partial charge on any atom is -0.316 e. The van der Waals surface area contributed by atoms with Crippen LogP contribution in [0.15, 0.2) is 0 Å². The second-order valence-electron chi connectivity index (χ2n) is 6.26. The fourth-order valence-corrected chi connectivity index (χ4v) is 3.76. The van der Waals surface area contributed by atoms with Crippen LogP contribution in [0.25, 0.3) is 0 Å². The highest BCUT2D eigenvalue weighted by Gasteiger charge is 2.52. The molecule has 2 atom stereocenters. The maximum absolute atomic E-state index is 3.61. The summed E-state index contributed by atoms with van der Waals surface area (Å²) in [5.41, 5.74) is 0.706. The topological polar surface area (TPSA) is 12.0 Å². The number of hydrogen-bond acceptors (Lipinski definition) is 1. The lowest BCUT2D eigenvalue weighted by Crippen LogP contribution is -2.33. The first-order valence-corrected chi connectivity index (χ1v) is 7.50. The van der Waals surface area contributed by atoms with Crippen LogP contribution >= 0.6 is 0 Å². The molecule has 0 amide bonds. The molecule has 0 saturated heterocycles. The van der Waals surface area contributed by atoms with E-state index in [1.807, 2.05) is 0 Å². The second-order valence-corrected chi connectivity index (χ2v) is 6.26. The average Bonchev–Trinajstić information content (AvgIpc) is 2.91. The SMILES string of the molecule is CCCCCCC1(CNCC)CC2CC2C1. The Balaban J connectivity index is 1.74. The highest BCUT2D eigenvalue weighted by molar-refractivity contribution is 5.03. The average molecular weight is 223 g/mol. The predicted molar refractivity (Wildman–Crippen MR) is 70.6 cm³/mol. The van der Waals surface area contributed by atoms with E-state index < -0.39 is 0 Å². The molecule has 2 saturated carbocycles. The van der Waals surface area contributed by atoms with Crippen molar-refractivity contribution < 1.29 is 0 Å². The summed E-state index contributed by atoms with van der Waals surface area (Å²) in [5, 5.41) is 3.61. The van der Waals surface area contributed by atoms with Crippen molar-refractivity contribution in [2.75, 3.05) is 13.1 Å². The normalized spacial score (nSPS) is 36.4. The van der Waals surface area contributed by atoms with E-state index in [1.54, 1.807) is 6.42 Å². The van der Waals surface area contributed by atoms with Crippen LogP contribution in [0.3, 0.4) is 0 Å². The summed E-state index contributed by atoms with van der Waals surface area (Å²) in [7, 11) is 0. The molecular formula is C15H29N. The van der Waals surface area contributed by atoms with Crippen LogP contribution in [0.2, 0.25) is 0 Å². The third-order valence-electron chi connectivity index (χ3n) is 4.77. The van der Waals surface area contributed by atoms with Crippen molar-refractivity contribution in [3.8, 4) is 0 Å². The minimum absolute atomic E-state index is 0.706. The van der Waals surface area contributed by atoms with Crippen LogP contribution in [0, 0.1) is 17.3 Å². The van der Waals surface area contributed by atoms with E-state index >= 15 is 0 Å². The van der Waals surface area contributed by atoms with Crippen molar-refractivity contribution in [3.05, 3.63) is 0 Å². The lowest BCUT2D eigenvalue weighted by Gasteiger charge is -2.31. The quantitative estimate of drug-likeness (QED) is 0.614. The zero-order valence-electron chi connectivity index (χ0n) is 11.2. The van der Waals surface area contributed by atoms with Crippen molar-refractivity contribution in [3.63, 3.8) is 0 Å². The molecule has 2 unspecified atom stereocenters. The molecule has 0 aromatic heterocycles. The summed E-state index contributed by atoms with van der Waals surface area (Å²) in [6.07, 6.45) is 11.9. The molecule has 94 valence electrons. The van der Waals surface area contributed by atoms with Gasteiger partial charge >= 0.3 is 0 Å². The smallest absolute Gasteiger partial charge is 0.000790 e. The third-order valence-corrected chi connectivity index (χ3v) is 4.77. The number of hydrogen-bond donors (Lipinski definition) is 1. The Morgan fingerprint density at radius 1 is 1.06 bits per heavy atom. The largest absolute Gasteiger partial charge is 0.316 e. The van der Waals surface area contributed by atoms with Crippen LogP contribution in [0.4, 0.5) is 0 Å². The van der Waals surface area contributed by atoms with Gasteiger partial charge in [-0.2, -0.15) is 0 Å². The Morgan fingerprint density at radius 2 is 1.81 bits per heavy atom. The van der Waals surface area contributed by atoms with E-state index in [0.717, 1.165) is 18.4 Å². The Morgan fingerprint density at radius 3 is 2.44 bits per heavy atom. The summed E-state index contributed by atoms with van der Waals surface area (Å²) in [4.78, 5) is 0. The first-order chi connectivity index (χ1) is 7.79. The number of rotatable bonds is 8. The van der Waals surface area contributed by atoms with E-state index in [4.69, 9.17) is 0 Å². The van der Waals surface area contributed by atoms with Crippen molar-refractivity contribution in [1.29, 1.82) is 0 Å². The van der Waals surface area contributed by atoms with Crippen LogP contribution in [0.1, 0.15) is 65.2 Å². The van der Waals surface area contributed by atoms with Gasteiger partial charge in [0.1, 0.15) is 0 Å². The van der Waals surface area contributed by atoms with E-state index in [9.17, 15) is 0 Å². The van der Waals surface area contributed by atoms with E-state index in [-0.39, 0.29) is 0 Å². The van der Waals surface area contributed by atoms with E-state index in [1.165, 1.54) is 51.5 Å². The molecule has 1 N–H and O–H groups in total. The lowest BCUT2D eigenvalue weighted by atomic mass is 9.78. The molecule has 0 heterocycles. The van der Waals surface area contributed by atoms with Gasteiger partial charge in [0.15, 0.2) is 0 Å². The van der Waals surface area contributed by atoms with Gasteiger partial charge in [-0.3, -0.25) is 0 Å². The first-order valence-electron chi connectivity index (χ1n) is 7.50. The predicted octanol–water partition coefficient (Wildman–Crippen LogP) is 3.98. The van der Waals surface area contributed by atoms with Gasteiger partial charge < -0.3 is 5.32 Å². The Kier molecular flexibility index (Phi) is 4.29. The molecule has 16 heavy (non-hydrogen) atoms. The van der Waals surface area contributed by atoms with Gasteiger partial charge in [-0.05, 0) is 49.5 Å². The minimum atomic E-state index is 0.706. The fourth-order valence-electron chi connectivity index (χ4n) is 3.76. The molecule has 1 heteroatoms. The molecule has 2 rings (SSSR count). The van der Waals surface area contributed by atoms with Crippen LogP contribution in [0.5, 0.6) is 0 Å². The number of nitrogens with one attached hydrogen (secondary N) is 1. The zero-order valence-corrected chi connectivity index (χ0v) is 11.2. The number of fused-ring (bicyclic) bond motifs is 1. The highest BCUT2D eigenvalue weighted by Crippen LogP contribution is 2.61. The lowest BCUT2D eigenvalue weighted by molar-refractivity contribution is 0.223. The molecule has 0 aromatic carbocycles. The van der Waals surface area contributed by atoms with Crippen molar-refractivity contribution >= 4 is 0 Å². The number of unbranched alkanes of at least 4 members (excludes halogenated alkanes) is 3. The van der Waals surface area contributed by atoms with Gasteiger partial charge in [0.05, 0.1) is 0 Å². The van der Waals surface area contributed by atoms with Crippen LogP contribution in [-0.2, 0) is 0 Å². The summed E-state index contributed by atoms with van der Waals surface area (Å²) in [6, 6.07) is 0. The molecule has 0 aromatic rings. The van der Waals surface area contributed by atoms with Crippen molar-refractivity contribution in [2.24, 2.45) is 17.3 Å². The Labute approximate surface area is 101 Å². The second kappa shape index (κ2) is 5.53. The fraction of sp³-hybridized carbons (Fsp3) is 1.00. The molecule has 0 aliphatic heterocycles. The summed E-state index contributed by atoms with van der Waals surface area (Å²) >= 11 is 0. The summed E-state index contributed by atoms with van der Waals surface area (Å²) < 4.78 is 0. The Hall–Kier alpha value is -0.0400. The van der Waals surface area contributed by atoms with Gasteiger partial charge in [-0.15, -0.1) is 0 Å². The molecule has 0 radical (unpaired) electrons. The molecular weight excluding hydrogens is 194 g/mol. The Bertz CT molecular complexity index is 201. The van der Waals surface area contributed by atoms with Gasteiger partial charge in [0.25, 0.3) is 0 Å². The summed E-state index contributed by atoms with van der Waals surface area (Å²) in [5.74, 6) is 2.26. The zero-order chi connectivity index (χ0) is 11.4. The van der Waals surface area contributed by atoms with Crippen molar-refractivity contribution in [2.45, 2.75) is 65.2 Å². The van der Waals surface area contributed by atoms with Gasteiger partial charge in [-0.25, -0.2) is 0 Å². The monoisotopic (exact) mass is 223 g/mol. The standard InChI is InChI=1S/C15H29N/c1-3-5-6-7-8-15(12-16-4-2)10-13-9-14(13)11-15/h13-14,16H,3-12H2,1-2H3. The van der Waals surface area contributed by atoms with Crippen LogP contribution in [-0.4, -0.2) is 13.1 Å². The van der Waals surface area contributed by atoms with E-state index in [2.05, 4.69) is 19.2 Å². The van der Waals surface area contributed by atoms with Gasteiger partial charge in [-0.1, -0.05) is 39.5 Å². The molecule has 1 nitrogen and oxygen atoms in total. The highest BCUT2D eigenvalue weighted by atomic mass is 14.9. The molecule has 2 aliphatic rings. The van der Waals surface area contributed by atoms with Crippen molar-refractivity contribution in [1.82, 2.24) is 5.32 Å². The molecule has 0 bridgehead atoms. The molecule has 2 aliphatic carbocycles. The summed E-state index contributed by atoms with van der Waals surface area (Å²) in [6.45, 7) is 6.98. The van der Waals surface area contributed by atoms with Gasteiger partial charge in [0, 0.05) is 6.54 Å². The maximum Gasteiger partial charge on any atom is 0.000790 e.